The molecular formula is C21H28N8O3. The van der Waals surface area contributed by atoms with E-state index >= 15 is 0 Å². The van der Waals surface area contributed by atoms with E-state index in [0.717, 1.165) is 64.6 Å². The van der Waals surface area contributed by atoms with E-state index in [1.807, 2.05) is 0 Å². The van der Waals surface area contributed by atoms with Gasteiger partial charge in [-0.15, -0.1) is 5.10 Å². The number of nitrogens with one attached hydrogen (secondary N) is 1. The van der Waals surface area contributed by atoms with Gasteiger partial charge in [0.15, 0.2) is 5.76 Å². The van der Waals surface area contributed by atoms with Gasteiger partial charge in [-0.2, -0.15) is 14.5 Å². The van der Waals surface area contributed by atoms with Gasteiger partial charge in [0.2, 0.25) is 11.7 Å². The summed E-state index contributed by atoms with van der Waals surface area (Å²) in [5.41, 5.74) is 6.21. The van der Waals surface area contributed by atoms with Gasteiger partial charge in [0.1, 0.15) is 11.6 Å². The van der Waals surface area contributed by atoms with Crippen LogP contribution in [-0.2, 0) is 9.53 Å². The largest absolute Gasteiger partial charge is 0.461 e. The second-order valence-corrected chi connectivity index (χ2v) is 8.17. The monoisotopic (exact) mass is 440 g/mol. The molecule has 32 heavy (non-hydrogen) atoms. The molecule has 3 N–H and O–H groups in total. The molecule has 11 nitrogen and oxygen atoms in total. The van der Waals surface area contributed by atoms with Crippen LogP contribution >= 0.6 is 0 Å². The highest BCUT2D eigenvalue weighted by molar-refractivity contribution is 5.79. The van der Waals surface area contributed by atoms with Crippen molar-refractivity contribution in [3.05, 3.63) is 24.5 Å². The maximum Gasteiger partial charge on any atom is 0.256 e. The fourth-order valence-electron chi connectivity index (χ4n) is 4.23. The number of rotatable bonds is 6. The Labute approximate surface area is 185 Å². The molecule has 0 radical (unpaired) electrons. The van der Waals surface area contributed by atoms with Crippen LogP contribution in [0.5, 0.6) is 0 Å². The van der Waals surface area contributed by atoms with E-state index in [2.05, 4.69) is 30.2 Å². The van der Waals surface area contributed by atoms with E-state index in [1.54, 1.807) is 24.5 Å². The van der Waals surface area contributed by atoms with Crippen molar-refractivity contribution in [2.24, 2.45) is 5.92 Å². The third kappa shape index (κ3) is 4.39. The third-order valence-corrected chi connectivity index (χ3v) is 6.09. The van der Waals surface area contributed by atoms with E-state index in [0.29, 0.717) is 29.7 Å². The molecule has 170 valence electrons. The highest BCUT2D eigenvalue weighted by atomic mass is 16.5. The van der Waals surface area contributed by atoms with Gasteiger partial charge < -0.3 is 25.1 Å². The molecule has 5 heterocycles. The first-order valence-corrected chi connectivity index (χ1v) is 11.1. The molecule has 2 fully saturated rings. The van der Waals surface area contributed by atoms with Crippen LogP contribution in [0.3, 0.4) is 0 Å². The second-order valence-electron chi connectivity index (χ2n) is 8.17. The third-order valence-electron chi connectivity index (χ3n) is 6.09. The van der Waals surface area contributed by atoms with Gasteiger partial charge in [0.25, 0.3) is 5.78 Å². The van der Waals surface area contributed by atoms with Gasteiger partial charge in [-0.05, 0) is 25.0 Å². The number of morpholine rings is 1. The summed E-state index contributed by atoms with van der Waals surface area (Å²) in [5, 5.41) is 7.48. The topological polar surface area (TPSA) is 127 Å². The van der Waals surface area contributed by atoms with Crippen molar-refractivity contribution in [1.82, 2.24) is 29.8 Å². The quantitative estimate of drug-likeness (QED) is 0.567. The van der Waals surface area contributed by atoms with E-state index in [4.69, 9.17) is 14.9 Å². The standard InChI is InChI=1S/C21H28N8O3/c22-17-14-18(24-21-25-19(26-29(17)21)16-2-1-11-32-16)28-6-3-15(4-7-28)20(30)23-5-8-27-9-12-31-13-10-27/h1-2,11,14-15H,3-10,12-13,22H2,(H,23,30). The lowest BCUT2D eigenvalue weighted by atomic mass is 9.96. The molecule has 3 aromatic rings. The Kier molecular flexibility index (Phi) is 5.91. The Morgan fingerprint density at radius 2 is 2.00 bits per heavy atom. The molecule has 0 atom stereocenters. The minimum absolute atomic E-state index is 0.0238. The molecule has 2 aliphatic heterocycles. The Balaban J connectivity index is 1.17. The van der Waals surface area contributed by atoms with Crippen molar-refractivity contribution in [1.29, 1.82) is 0 Å². The van der Waals surface area contributed by atoms with Crippen LogP contribution in [-0.4, -0.2) is 82.9 Å². The number of carbonyl (C=O) groups excluding carboxylic acids is 1. The lowest BCUT2D eigenvalue weighted by molar-refractivity contribution is -0.125. The summed E-state index contributed by atoms with van der Waals surface area (Å²) in [4.78, 5) is 26.1. The highest BCUT2D eigenvalue weighted by Crippen LogP contribution is 2.25. The van der Waals surface area contributed by atoms with Gasteiger partial charge in [-0.3, -0.25) is 9.69 Å². The smallest absolute Gasteiger partial charge is 0.256 e. The zero-order valence-corrected chi connectivity index (χ0v) is 17.9. The van der Waals surface area contributed by atoms with Crippen LogP contribution in [0.25, 0.3) is 17.4 Å². The molecule has 0 aliphatic carbocycles. The van der Waals surface area contributed by atoms with E-state index in [1.165, 1.54) is 4.52 Å². The van der Waals surface area contributed by atoms with Crippen molar-refractivity contribution in [3.63, 3.8) is 0 Å². The number of carbonyl (C=O) groups is 1. The number of ether oxygens (including phenoxy) is 1. The maximum atomic E-state index is 12.6. The molecule has 5 rings (SSSR count). The summed E-state index contributed by atoms with van der Waals surface area (Å²) in [6.45, 7) is 6.44. The lowest BCUT2D eigenvalue weighted by Crippen LogP contribution is -2.44. The number of fused-ring (bicyclic) bond motifs is 1. The highest BCUT2D eigenvalue weighted by Gasteiger charge is 2.26. The van der Waals surface area contributed by atoms with Crippen LogP contribution < -0.4 is 16.0 Å². The van der Waals surface area contributed by atoms with Crippen molar-refractivity contribution in [2.45, 2.75) is 12.8 Å². The molecule has 3 aromatic heterocycles. The fourth-order valence-corrected chi connectivity index (χ4v) is 4.23. The van der Waals surface area contributed by atoms with Gasteiger partial charge in [0, 0.05) is 51.3 Å². The number of aromatic nitrogens is 4. The molecule has 11 heteroatoms. The summed E-state index contributed by atoms with van der Waals surface area (Å²) in [5.74, 6) is 2.81. The average molecular weight is 441 g/mol. The fraction of sp³-hybridized carbons (Fsp3) is 0.524. The number of furan rings is 1. The molecule has 0 saturated carbocycles. The molecule has 0 unspecified atom stereocenters. The zero-order valence-electron chi connectivity index (χ0n) is 17.9. The minimum Gasteiger partial charge on any atom is -0.461 e. The second kappa shape index (κ2) is 9.13. The van der Waals surface area contributed by atoms with Crippen LogP contribution in [0.4, 0.5) is 11.6 Å². The first-order chi connectivity index (χ1) is 15.7. The zero-order chi connectivity index (χ0) is 21.9. The maximum absolute atomic E-state index is 12.6. The van der Waals surface area contributed by atoms with Crippen molar-refractivity contribution < 1.29 is 13.9 Å². The van der Waals surface area contributed by atoms with Gasteiger partial charge in [-0.25, -0.2) is 0 Å². The average Bonchev–Trinajstić information content (AvgIpc) is 3.50. The SMILES string of the molecule is Nc1cc(N2CCC(C(=O)NCCN3CCOCC3)CC2)nc2nc(-c3ccco3)nn12. The van der Waals surface area contributed by atoms with E-state index in [-0.39, 0.29) is 11.8 Å². The summed E-state index contributed by atoms with van der Waals surface area (Å²) in [6, 6.07) is 5.38. The Morgan fingerprint density at radius 1 is 1.19 bits per heavy atom. The molecular weight excluding hydrogens is 412 g/mol. The van der Waals surface area contributed by atoms with Crippen molar-refractivity contribution >= 4 is 23.3 Å². The van der Waals surface area contributed by atoms with Crippen LogP contribution in [0.2, 0.25) is 0 Å². The van der Waals surface area contributed by atoms with Crippen molar-refractivity contribution in [2.75, 3.05) is 63.1 Å². The molecule has 1 amide bonds. The number of anilines is 2. The number of piperidine rings is 1. The number of nitrogens with two attached hydrogens (primary N) is 1. The summed E-state index contributed by atoms with van der Waals surface area (Å²) in [7, 11) is 0. The van der Waals surface area contributed by atoms with Gasteiger partial charge in [-0.1, -0.05) is 0 Å². The first kappa shape index (κ1) is 20.7. The molecule has 0 aromatic carbocycles. The minimum atomic E-state index is 0.0238. The molecule has 2 aliphatic rings. The van der Waals surface area contributed by atoms with Crippen LogP contribution in [0.1, 0.15) is 12.8 Å². The van der Waals surface area contributed by atoms with E-state index in [9.17, 15) is 4.79 Å². The molecule has 0 bridgehead atoms. The summed E-state index contributed by atoms with van der Waals surface area (Å²) >= 11 is 0. The Morgan fingerprint density at radius 3 is 2.75 bits per heavy atom. The predicted octanol–water partition coefficient (Wildman–Crippen LogP) is 0.631. The Hall–Kier alpha value is -3.18. The van der Waals surface area contributed by atoms with Crippen LogP contribution in [0.15, 0.2) is 28.9 Å². The number of amides is 1. The molecule has 0 spiro atoms. The number of hydrogen-bond acceptors (Lipinski definition) is 9. The normalized spacial score (nSPS) is 18.3. The first-order valence-electron chi connectivity index (χ1n) is 11.1. The molecule has 2 saturated heterocycles. The van der Waals surface area contributed by atoms with Crippen LogP contribution in [0, 0.1) is 5.92 Å². The number of nitrogens with zero attached hydrogens (tertiary/aromatic N) is 6. The number of hydrogen-bond donors (Lipinski definition) is 2. The van der Waals surface area contributed by atoms with Gasteiger partial charge in [0.05, 0.1) is 19.5 Å². The summed E-state index contributed by atoms with van der Waals surface area (Å²) < 4.78 is 12.2. The summed E-state index contributed by atoms with van der Waals surface area (Å²) in [6.07, 6.45) is 3.13. The van der Waals surface area contributed by atoms with Crippen molar-refractivity contribution in [3.8, 4) is 11.6 Å². The van der Waals surface area contributed by atoms with Gasteiger partial charge >= 0.3 is 0 Å². The Bertz CT molecular complexity index is 1050. The predicted molar refractivity (Wildman–Crippen MR) is 118 cm³/mol. The number of nitrogen functional groups attached to an aromatic ring is 1. The van der Waals surface area contributed by atoms with E-state index < -0.39 is 0 Å². The lowest BCUT2D eigenvalue weighted by Gasteiger charge is -2.32.